The minimum Gasteiger partial charge on any atom is -0.349 e. The van der Waals surface area contributed by atoms with Gasteiger partial charge in [-0.1, -0.05) is 31.9 Å². The molecule has 9 heavy (non-hydrogen) atoms. The zero-order valence-electron chi connectivity index (χ0n) is 4.85. The van der Waals surface area contributed by atoms with Crippen LogP contribution in [0.2, 0.25) is 0 Å². The minimum absolute atomic E-state index is 0.226. The molecule has 0 N–H and O–H groups in total. The van der Waals surface area contributed by atoms with Crippen LogP contribution < -0.4 is 0 Å². The summed E-state index contributed by atoms with van der Waals surface area (Å²) in [6.07, 6.45) is 0.453. The van der Waals surface area contributed by atoms with Crippen LogP contribution in [0.4, 0.5) is 0 Å². The number of hydrogen-bond acceptors (Lipinski definition) is 2. The normalized spacial score (nSPS) is 35.3. The highest BCUT2D eigenvalue weighted by molar-refractivity contribution is 9.09. The third-order valence-corrected chi connectivity index (χ3v) is 2.56. The van der Waals surface area contributed by atoms with E-state index in [1.54, 1.807) is 0 Å². The summed E-state index contributed by atoms with van der Waals surface area (Å²) in [6.45, 7) is 0.437. The highest BCUT2D eigenvalue weighted by atomic mass is 79.9. The van der Waals surface area contributed by atoms with Crippen molar-refractivity contribution >= 4 is 31.9 Å². The lowest BCUT2D eigenvalue weighted by atomic mass is 10.3. The van der Waals surface area contributed by atoms with Crippen LogP contribution in [0, 0.1) is 0 Å². The monoisotopic (exact) mass is 258 g/mol. The third-order valence-electron chi connectivity index (χ3n) is 1.28. The topological polar surface area (TPSA) is 18.5 Å². The first kappa shape index (κ1) is 7.98. The highest BCUT2D eigenvalue weighted by Gasteiger charge is 2.26. The maximum Gasteiger partial charge on any atom is 0.147 e. The first-order valence-electron chi connectivity index (χ1n) is 2.73. The van der Waals surface area contributed by atoms with Gasteiger partial charge >= 0.3 is 0 Å². The summed E-state index contributed by atoms with van der Waals surface area (Å²) in [5.74, 6) is 0. The van der Waals surface area contributed by atoms with Gasteiger partial charge in [-0.05, 0) is 0 Å². The van der Waals surface area contributed by atoms with Crippen LogP contribution in [-0.2, 0) is 9.47 Å². The second-order valence-corrected chi connectivity index (χ2v) is 3.13. The van der Waals surface area contributed by atoms with Crippen molar-refractivity contribution in [2.45, 2.75) is 12.2 Å². The smallest absolute Gasteiger partial charge is 0.147 e. The molecule has 0 radical (unpaired) electrons. The summed E-state index contributed by atoms with van der Waals surface area (Å²) in [5.41, 5.74) is 0. The van der Waals surface area contributed by atoms with E-state index in [0.29, 0.717) is 6.79 Å². The molecule has 0 spiro atoms. The molecule has 54 valence electrons. The van der Waals surface area contributed by atoms with E-state index in [2.05, 4.69) is 31.9 Å². The van der Waals surface area contributed by atoms with Crippen LogP contribution >= 0.6 is 31.9 Å². The molecule has 2 nitrogen and oxygen atoms in total. The summed E-state index contributed by atoms with van der Waals surface area (Å²) >= 11 is 6.66. The van der Waals surface area contributed by atoms with Gasteiger partial charge < -0.3 is 9.47 Å². The lowest BCUT2D eigenvalue weighted by Gasteiger charge is -2.09. The molecule has 1 rings (SSSR count). The summed E-state index contributed by atoms with van der Waals surface area (Å²) in [4.78, 5) is 0. The molecular weight excluding hydrogens is 252 g/mol. The minimum atomic E-state index is 0.226. The number of hydrogen-bond donors (Lipinski definition) is 0. The van der Waals surface area contributed by atoms with E-state index in [1.807, 2.05) is 0 Å². The summed E-state index contributed by atoms with van der Waals surface area (Å²) in [7, 11) is 0. The van der Waals surface area contributed by atoms with Gasteiger partial charge in [0, 0.05) is 10.7 Å². The van der Waals surface area contributed by atoms with Crippen molar-refractivity contribution in [2.24, 2.45) is 0 Å². The van der Waals surface area contributed by atoms with Gasteiger partial charge in [-0.3, -0.25) is 0 Å². The van der Waals surface area contributed by atoms with E-state index in [1.165, 1.54) is 0 Å². The molecule has 1 heterocycles. The zero-order chi connectivity index (χ0) is 6.69. The second-order valence-electron chi connectivity index (χ2n) is 1.84. The van der Waals surface area contributed by atoms with E-state index in [4.69, 9.17) is 9.47 Å². The lowest BCUT2D eigenvalue weighted by molar-refractivity contribution is 0.0447. The molecule has 0 amide bonds. The Balaban J connectivity index is 2.32. The molecular formula is C5H8Br2O2. The van der Waals surface area contributed by atoms with Crippen molar-refractivity contribution in [3.63, 3.8) is 0 Å². The van der Waals surface area contributed by atoms with E-state index < -0.39 is 0 Å². The zero-order valence-corrected chi connectivity index (χ0v) is 8.02. The molecule has 0 saturated carbocycles. The molecule has 0 aromatic rings. The Morgan fingerprint density at radius 2 is 1.56 bits per heavy atom. The fourth-order valence-electron chi connectivity index (χ4n) is 0.717. The van der Waals surface area contributed by atoms with Crippen molar-refractivity contribution in [3.05, 3.63) is 0 Å². The number of alkyl halides is 2. The lowest BCUT2D eigenvalue weighted by Crippen LogP contribution is -2.24. The first-order chi connectivity index (χ1) is 4.38. The quantitative estimate of drug-likeness (QED) is 0.701. The molecule has 0 aliphatic carbocycles. The van der Waals surface area contributed by atoms with Crippen LogP contribution in [0.1, 0.15) is 0 Å². The predicted octanol–water partition coefficient (Wildman–Crippen LogP) is 1.52. The Morgan fingerprint density at radius 3 is 1.89 bits per heavy atom. The molecule has 0 aromatic heterocycles. The number of halogens is 2. The maximum atomic E-state index is 5.21. The van der Waals surface area contributed by atoms with Gasteiger partial charge in [0.15, 0.2) is 0 Å². The molecule has 1 fully saturated rings. The average molecular weight is 260 g/mol. The Kier molecular flexibility index (Phi) is 3.46. The Bertz CT molecular complexity index is 79.0. The molecule has 2 unspecified atom stereocenters. The number of rotatable bonds is 2. The Hall–Kier alpha value is 0.880. The fraction of sp³-hybridized carbons (Fsp3) is 1.00. The standard InChI is InChI=1S/C5H8Br2O2/c6-1-4-5(2-7)9-3-8-4/h4-5H,1-3H2. The predicted molar refractivity (Wildman–Crippen MR) is 42.2 cm³/mol. The fourth-order valence-corrected chi connectivity index (χ4v) is 1.92. The highest BCUT2D eigenvalue weighted by Crippen LogP contribution is 2.16. The van der Waals surface area contributed by atoms with E-state index in [-0.39, 0.29) is 12.2 Å². The van der Waals surface area contributed by atoms with Gasteiger partial charge in [-0.25, -0.2) is 0 Å². The maximum absolute atomic E-state index is 5.21. The second kappa shape index (κ2) is 3.91. The van der Waals surface area contributed by atoms with Gasteiger partial charge in [-0.2, -0.15) is 0 Å². The molecule has 0 bridgehead atoms. The molecule has 0 aromatic carbocycles. The van der Waals surface area contributed by atoms with Crippen LogP contribution in [-0.4, -0.2) is 29.7 Å². The Morgan fingerprint density at radius 1 is 1.11 bits per heavy atom. The molecule has 1 aliphatic rings. The number of ether oxygens (including phenoxy) is 2. The average Bonchev–Trinajstić information content (AvgIpc) is 2.33. The van der Waals surface area contributed by atoms with Gasteiger partial charge in [0.25, 0.3) is 0 Å². The summed E-state index contributed by atoms with van der Waals surface area (Å²) in [5, 5.41) is 1.70. The summed E-state index contributed by atoms with van der Waals surface area (Å²) in [6, 6.07) is 0. The van der Waals surface area contributed by atoms with Gasteiger partial charge in [0.2, 0.25) is 0 Å². The van der Waals surface area contributed by atoms with Crippen molar-refractivity contribution in [2.75, 3.05) is 17.5 Å². The van der Waals surface area contributed by atoms with E-state index in [0.717, 1.165) is 10.7 Å². The van der Waals surface area contributed by atoms with Crippen molar-refractivity contribution in [1.29, 1.82) is 0 Å². The first-order valence-corrected chi connectivity index (χ1v) is 4.98. The molecule has 4 heteroatoms. The SMILES string of the molecule is BrCC1OCOC1CBr. The van der Waals surface area contributed by atoms with E-state index >= 15 is 0 Å². The van der Waals surface area contributed by atoms with Crippen molar-refractivity contribution in [3.8, 4) is 0 Å². The largest absolute Gasteiger partial charge is 0.349 e. The van der Waals surface area contributed by atoms with Crippen LogP contribution in [0.15, 0.2) is 0 Å². The van der Waals surface area contributed by atoms with Crippen molar-refractivity contribution < 1.29 is 9.47 Å². The van der Waals surface area contributed by atoms with Gasteiger partial charge in [0.05, 0.1) is 12.2 Å². The van der Waals surface area contributed by atoms with Crippen LogP contribution in [0.5, 0.6) is 0 Å². The van der Waals surface area contributed by atoms with Crippen LogP contribution in [0.25, 0.3) is 0 Å². The third kappa shape index (κ3) is 1.90. The molecule has 2 atom stereocenters. The molecule has 1 aliphatic heterocycles. The van der Waals surface area contributed by atoms with Gasteiger partial charge in [0.1, 0.15) is 6.79 Å². The van der Waals surface area contributed by atoms with Crippen molar-refractivity contribution in [1.82, 2.24) is 0 Å². The Labute approximate surface area is 71.2 Å². The summed E-state index contributed by atoms with van der Waals surface area (Å²) < 4.78 is 10.4. The van der Waals surface area contributed by atoms with E-state index in [9.17, 15) is 0 Å². The van der Waals surface area contributed by atoms with Gasteiger partial charge in [-0.15, -0.1) is 0 Å². The van der Waals surface area contributed by atoms with Crippen LogP contribution in [0.3, 0.4) is 0 Å². The molecule has 1 saturated heterocycles.